The van der Waals surface area contributed by atoms with E-state index in [1.165, 1.54) is 0 Å². The number of hydrogen-bond acceptors (Lipinski definition) is 2. The third-order valence-electron chi connectivity index (χ3n) is 2.45. The molecule has 0 radical (unpaired) electrons. The van der Waals surface area contributed by atoms with Gasteiger partial charge in [-0.3, -0.25) is 0 Å². The molecular weight excluding hydrogens is 196 g/mol. The summed E-state index contributed by atoms with van der Waals surface area (Å²) in [5.41, 5.74) is 6.84. The van der Waals surface area contributed by atoms with Gasteiger partial charge in [0, 0.05) is 10.6 Å². The summed E-state index contributed by atoms with van der Waals surface area (Å²) in [4.78, 5) is 4.25. The molecule has 1 aromatic carbocycles. The van der Waals surface area contributed by atoms with E-state index in [4.69, 9.17) is 5.73 Å². The van der Waals surface area contributed by atoms with E-state index in [0.29, 0.717) is 11.2 Å². The third kappa shape index (κ3) is 1.70. The lowest BCUT2D eigenvalue weighted by Gasteiger charge is -2.02. The van der Waals surface area contributed by atoms with Gasteiger partial charge in [-0.2, -0.15) is 0 Å². The fraction of sp³-hybridized carbons (Fsp3) is 0.0714. The summed E-state index contributed by atoms with van der Waals surface area (Å²) in [5, 5.41) is 3.72. The molecule has 0 spiro atoms. The maximum absolute atomic E-state index is 5.87. The largest absolute Gasteiger partial charge is 0.383 e. The second kappa shape index (κ2) is 3.81. The molecule has 1 heterocycles. The SMILES string of the molecule is C=C(C)/C=c1\c(=C)nc(N)c2ccccc12. The number of rotatable bonds is 1. The molecule has 0 amide bonds. The van der Waals surface area contributed by atoms with Crippen molar-refractivity contribution in [1.82, 2.24) is 4.98 Å². The lowest BCUT2D eigenvalue weighted by atomic mass is 10.1. The van der Waals surface area contributed by atoms with Crippen molar-refractivity contribution in [2.75, 3.05) is 5.73 Å². The first kappa shape index (κ1) is 10.4. The molecular formula is C14H14N2. The van der Waals surface area contributed by atoms with Crippen molar-refractivity contribution in [3.8, 4) is 0 Å². The number of pyridine rings is 1. The molecule has 0 atom stereocenters. The highest BCUT2D eigenvalue weighted by atomic mass is 14.8. The van der Waals surface area contributed by atoms with Crippen molar-refractivity contribution in [1.29, 1.82) is 0 Å². The van der Waals surface area contributed by atoms with Crippen LogP contribution in [0.4, 0.5) is 5.82 Å². The molecule has 0 aliphatic carbocycles. The van der Waals surface area contributed by atoms with Crippen LogP contribution in [0.5, 0.6) is 0 Å². The molecule has 0 bridgehead atoms. The van der Waals surface area contributed by atoms with Gasteiger partial charge in [-0.1, -0.05) is 43.0 Å². The van der Waals surface area contributed by atoms with Gasteiger partial charge in [0.25, 0.3) is 0 Å². The Bertz CT molecular complexity index is 669. The van der Waals surface area contributed by atoms with Gasteiger partial charge in [0.1, 0.15) is 5.82 Å². The predicted molar refractivity (Wildman–Crippen MR) is 70.2 cm³/mol. The minimum atomic E-state index is 0.527. The maximum Gasteiger partial charge on any atom is 0.131 e. The summed E-state index contributed by atoms with van der Waals surface area (Å²) in [6, 6.07) is 7.92. The molecule has 0 aliphatic heterocycles. The minimum Gasteiger partial charge on any atom is -0.383 e. The molecule has 80 valence electrons. The second-order valence-corrected chi connectivity index (χ2v) is 3.89. The van der Waals surface area contributed by atoms with Crippen molar-refractivity contribution >= 4 is 29.2 Å². The number of hydrogen-bond donors (Lipinski definition) is 1. The van der Waals surface area contributed by atoms with Crippen LogP contribution < -0.4 is 16.3 Å². The zero-order chi connectivity index (χ0) is 11.7. The minimum absolute atomic E-state index is 0.527. The first-order valence-corrected chi connectivity index (χ1v) is 5.10. The Hall–Kier alpha value is -2.09. The van der Waals surface area contributed by atoms with Gasteiger partial charge in [0.15, 0.2) is 0 Å². The molecule has 2 nitrogen and oxygen atoms in total. The van der Waals surface area contributed by atoms with Crippen LogP contribution in [0.15, 0.2) is 36.4 Å². The molecule has 1 aromatic heterocycles. The molecule has 2 aromatic rings. The standard InChI is InChI=1S/C14H14N2/c1-9(2)8-13-10(3)16-14(15)12-7-5-4-6-11(12)13/h4-8H,1,3H2,2H3,(H2,15,16)/b13-8+. The van der Waals surface area contributed by atoms with Crippen LogP contribution in [0, 0.1) is 0 Å². The lowest BCUT2D eigenvalue weighted by molar-refractivity contribution is 1.27. The van der Waals surface area contributed by atoms with E-state index in [1.807, 2.05) is 37.3 Å². The summed E-state index contributed by atoms with van der Waals surface area (Å²) >= 11 is 0. The molecule has 0 aliphatic rings. The summed E-state index contributed by atoms with van der Waals surface area (Å²) in [5.74, 6) is 0.527. The number of nitrogen functional groups attached to an aromatic ring is 1. The topological polar surface area (TPSA) is 38.9 Å². The Morgan fingerprint density at radius 3 is 2.56 bits per heavy atom. The van der Waals surface area contributed by atoms with Crippen LogP contribution in [-0.2, 0) is 0 Å². The van der Waals surface area contributed by atoms with E-state index in [-0.39, 0.29) is 0 Å². The van der Waals surface area contributed by atoms with E-state index < -0.39 is 0 Å². The fourth-order valence-corrected chi connectivity index (χ4v) is 1.77. The van der Waals surface area contributed by atoms with Crippen molar-refractivity contribution in [3.05, 3.63) is 47.0 Å². The van der Waals surface area contributed by atoms with Crippen LogP contribution in [0.1, 0.15) is 6.92 Å². The summed E-state index contributed by atoms with van der Waals surface area (Å²) in [7, 11) is 0. The van der Waals surface area contributed by atoms with Gasteiger partial charge in [0.05, 0.1) is 5.35 Å². The molecule has 0 unspecified atom stereocenters. The average molecular weight is 210 g/mol. The quantitative estimate of drug-likeness (QED) is 0.776. The molecule has 2 N–H and O–H groups in total. The zero-order valence-electron chi connectivity index (χ0n) is 9.33. The summed E-state index contributed by atoms with van der Waals surface area (Å²) in [6.07, 6.45) is 1.98. The normalized spacial score (nSPS) is 11.9. The smallest absolute Gasteiger partial charge is 0.131 e. The van der Waals surface area contributed by atoms with Gasteiger partial charge in [-0.25, -0.2) is 4.98 Å². The zero-order valence-corrected chi connectivity index (χ0v) is 9.33. The highest BCUT2D eigenvalue weighted by molar-refractivity contribution is 5.91. The predicted octanol–water partition coefficient (Wildman–Crippen LogP) is 1.58. The Labute approximate surface area is 94.4 Å². The average Bonchev–Trinajstić information content (AvgIpc) is 2.24. The number of fused-ring (bicyclic) bond motifs is 1. The Morgan fingerprint density at radius 2 is 1.94 bits per heavy atom. The number of nitrogens with zero attached hydrogens (tertiary/aromatic N) is 1. The van der Waals surface area contributed by atoms with E-state index in [1.54, 1.807) is 0 Å². The lowest BCUT2D eigenvalue weighted by Crippen LogP contribution is -2.28. The summed E-state index contributed by atoms with van der Waals surface area (Å²) < 4.78 is 0. The highest BCUT2D eigenvalue weighted by Crippen LogP contribution is 2.13. The first-order chi connectivity index (χ1) is 7.59. The molecule has 0 fully saturated rings. The molecule has 0 saturated carbocycles. The van der Waals surface area contributed by atoms with Gasteiger partial charge < -0.3 is 5.73 Å². The number of benzene rings is 1. The van der Waals surface area contributed by atoms with E-state index in [0.717, 1.165) is 21.6 Å². The van der Waals surface area contributed by atoms with Gasteiger partial charge in [-0.05, 0) is 18.4 Å². The van der Waals surface area contributed by atoms with Crippen LogP contribution in [0.25, 0.3) is 23.4 Å². The van der Waals surface area contributed by atoms with Crippen LogP contribution in [-0.4, -0.2) is 4.98 Å². The molecule has 0 saturated heterocycles. The van der Waals surface area contributed by atoms with E-state index >= 15 is 0 Å². The van der Waals surface area contributed by atoms with Gasteiger partial charge in [-0.15, -0.1) is 0 Å². The maximum atomic E-state index is 5.87. The highest BCUT2D eigenvalue weighted by Gasteiger charge is 2.00. The molecule has 2 rings (SSSR count). The van der Waals surface area contributed by atoms with Crippen molar-refractivity contribution < 1.29 is 0 Å². The third-order valence-corrected chi connectivity index (χ3v) is 2.45. The molecule has 16 heavy (non-hydrogen) atoms. The van der Waals surface area contributed by atoms with Crippen molar-refractivity contribution in [2.24, 2.45) is 0 Å². The molecule has 2 heteroatoms. The number of nitrogens with two attached hydrogens (primary N) is 1. The van der Waals surface area contributed by atoms with Crippen LogP contribution in [0.3, 0.4) is 0 Å². The van der Waals surface area contributed by atoms with Crippen molar-refractivity contribution in [3.63, 3.8) is 0 Å². The van der Waals surface area contributed by atoms with Gasteiger partial charge in [0.2, 0.25) is 0 Å². The Balaban J connectivity index is 3.05. The Morgan fingerprint density at radius 1 is 1.31 bits per heavy atom. The van der Waals surface area contributed by atoms with Crippen molar-refractivity contribution in [2.45, 2.75) is 6.92 Å². The first-order valence-electron chi connectivity index (χ1n) is 5.10. The summed E-state index contributed by atoms with van der Waals surface area (Å²) in [6.45, 7) is 9.75. The number of anilines is 1. The van der Waals surface area contributed by atoms with Crippen LogP contribution in [0.2, 0.25) is 0 Å². The van der Waals surface area contributed by atoms with Crippen LogP contribution >= 0.6 is 0 Å². The number of aromatic nitrogens is 1. The Kier molecular flexibility index (Phi) is 2.49. The van der Waals surface area contributed by atoms with E-state index in [9.17, 15) is 0 Å². The monoisotopic (exact) mass is 210 g/mol. The van der Waals surface area contributed by atoms with Gasteiger partial charge >= 0.3 is 0 Å². The van der Waals surface area contributed by atoms with E-state index in [2.05, 4.69) is 18.1 Å². The number of allylic oxidation sites excluding steroid dienone is 1. The fourth-order valence-electron chi connectivity index (χ4n) is 1.77. The second-order valence-electron chi connectivity index (χ2n) is 3.89.